The molecule has 0 unspecified atom stereocenters. The molecule has 0 aliphatic carbocycles. The van der Waals surface area contributed by atoms with Gasteiger partial charge in [0.1, 0.15) is 11.4 Å². The van der Waals surface area contributed by atoms with Crippen LogP contribution < -0.4 is 14.8 Å². The van der Waals surface area contributed by atoms with Gasteiger partial charge in [0.05, 0.1) is 32.4 Å². The summed E-state index contributed by atoms with van der Waals surface area (Å²) in [6.07, 6.45) is 5.57. The molecule has 2 aliphatic heterocycles. The number of carboxylic acid groups (broad SMARTS) is 1. The molecule has 0 spiro atoms. The van der Waals surface area contributed by atoms with Gasteiger partial charge in [-0.3, -0.25) is 14.5 Å². The Morgan fingerprint density at radius 2 is 1.62 bits per heavy atom. The molecule has 4 aromatic rings. The number of methoxy groups -OCH3 is 2. The fourth-order valence-electron chi connectivity index (χ4n) is 7.92. The second-order valence-electron chi connectivity index (χ2n) is 16.4. The molecule has 306 valence electrons. The zero-order valence-corrected chi connectivity index (χ0v) is 35.0. The monoisotopic (exact) mass is 788 g/mol. The van der Waals surface area contributed by atoms with Crippen LogP contribution in [0, 0.1) is 26.7 Å². The molecule has 2 atom stereocenters. The standard InChI is InChI=1S/C47H56N4O7/c1-29-23-36(26-50-22-21-35(25-50)45(53)54)42(56-7)24-33(29)16-15-32-11-9-12-38(30(32)2)39-13-10-14-40(31(39)3)41-19-17-34(44(49-41)57-8)27-51(46(55)58-47(4,5)6)28-37-18-20-43(52)48-37/h9-17,19,23-24,35,37H,18,20-22,25-28H2,1-8H3,(H,48,52)(H,53,54)/b16-15+/t35-,37+/m1/s1. The summed E-state index contributed by atoms with van der Waals surface area (Å²) in [7, 11) is 3.26. The van der Waals surface area contributed by atoms with E-state index in [0.717, 1.165) is 73.6 Å². The SMILES string of the molecule is COc1cc(/C=C/c2cccc(-c3cccc(-c4ccc(CN(C[C@@H]5CCC(=O)N5)C(=O)OC(C)(C)C)c(OC)n4)c3C)c2C)c(C)cc1CN1CC[C@@H](C(=O)O)C1. The summed E-state index contributed by atoms with van der Waals surface area (Å²) < 4.78 is 17.3. The van der Waals surface area contributed by atoms with E-state index in [2.05, 4.69) is 85.6 Å². The van der Waals surface area contributed by atoms with Gasteiger partial charge in [-0.2, -0.15) is 0 Å². The Morgan fingerprint density at radius 3 is 2.28 bits per heavy atom. The van der Waals surface area contributed by atoms with Gasteiger partial charge in [-0.25, -0.2) is 9.78 Å². The summed E-state index contributed by atoms with van der Waals surface area (Å²) in [4.78, 5) is 45.5. The van der Waals surface area contributed by atoms with E-state index in [-0.39, 0.29) is 24.4 Å². The largest absolute Gasteiger partial charge is 0.496 e. The highest BCUT2D eigenvalue weighted by molar-refractivity contribution is 5.83. The molecule has 6 rings (SSSR count). The number of carbonyl (C=O) groups is 3. The van der Waals surface area contributed by atoms with Crippen molar-refractivity contribution in [1.29, 1.82) is 0 Å². The molecule has 11 nitrogen and oxygen atoms in total. The minimum Gasteiger partial charge on any atom is -0.496 e. The van der Waals surface area contributed by atoms with Crippen molar-refractivity contribution in [2.45, 2.75) is 85.5 Å². The predicted octanol–water partition coefficient (Wildman–Crippen LogP) is 8.45. The maximum atomic E-state index is 13.3. The fraction of sp³-hybridized carbons (Fsp3) is 0.404. The summed E-state index contributed by atoms with van der Waals surface area (Å²) in [5.74, 6) is 0.145. The zero-order chi connectivity index (χ0) is 41.7. The molecule has 3 heterocycles. The van der Waals surface area contributed by atoms with Gasteiger partial charge < -0.3 is 29.5 Å². The average Bonchev–Trinajstić information content (AvgIpc) is 3.83. The molecule has 58 heavy (non-hydrogen) atoms. The van der Waals surface area contributed by atoms with Crippen LogP contribution in [0.2, 0.25) is 0 Å². The van der Waals surface area contributed by atoms with Crippen LogP contribution >= 0.6 is 0 Å². The third-order valence-electron chi connectivity index (χ3n) is 11.1. The van der Waals surface area contributed by atoms with E-state index in [4.69, 9.17) is 19.2 Å². The molecule has 0 saturated carbocycles. The first-order chi connectivity index (χ1) is 27.6. The lowest BCUT2D eigenvalue weighted by Gasteiger charge is -2.29. The molecular weight excluding hydrogens is 733 g/mol. The van der Waals surface area contributed by atoms with Crippen LogP contribution in [0.5, 0.6) is 11.6 Å². The number of likely N-dealkylation sites (tertiary alicyclic amines) is 1. The first-order valence-electron chi connectivity index (χ1n) is 20.0. The number of nitrogens with zero attached hydrogens (tertiary/aromatic N) is 3. The maximum Gasteiger partial charge on any atom is 0.410 e. The van der Waals surface area contributed by atoms with Gasteiger partial charge >= 0.3 is 12.1 Å². The number of aliphatic carboxylic acids is 1. The van der Waals surface area contributed by atoms with Crippen molar-refractivity contribution in [3.8, 4) is 34.0 Å². The van der Waals surface area contributed by atoms with Gasteiger partial charge in [0.25, 0.3) is 0 Å². The smallest absolute Gasteiger partial charge is 0.410 e. The van der Waals surface area contributed by atoms with Crippen LogP contribution in [0.15, 0.2) is 60.7 Å². The Bertz CT molecular complexity index is 2210. The maximum absolute atomic E-state index is 13.3. The molecule has 11 heteroatoms. The normalized spacial score (nSPS) is 17.1. The number of aromatic nitrogens is 1. The first-order valence-corrected chi connectivity index (χ1v) is 20.0. The number of rotatable bonds is 13. The van der Waals surface area contributed by atoms with E-state index in [0.29, 0.717) is 44.8 Å². The van der Waals surface area contributed by atoms with Crippen molar-refractivity contribution in [2.24, 2.45) is 5.92 Å². The number of hydrogen-bond donors (Lipinski definition) is 2. The number of benzene rings is 3. The van der Waals surface area contributed by atoms with Crippen molar-refractivity contribution in [3.63, 3.8) is 0 Å². The van der Waals surface area contributed by atoms with Crippen molar-refractivity contribution in [3.05, 3.63) is 99.6 Å². The molecule has 2 aliphatic rings. The highest BCUT2D eigenvalue weighted by Crippen LogP contribution is 2.36. The van der Waals surface area contributed by atoms with Crippen molar-refractivity contribution in [2.75, 3.05) is 33.9 Å². The molecular formula is C47H56N4O7. The molecule has 0 bridgehead atoms. The van der Waals surface area contributed by atoms with Crippen molar-refractivity contribution in [1.82, 2.24) is 20.1 Å². The Morgan fingerprint density at radius 1 is 0.914 bits per heavy atom. The van der Waals surface area contributed by atoms with Gasteiger partial charge in [0, 0.05) is 48.8 Å². The Hall–Kier alpha value is -5.68. The van der Waals surface area contributed by atoms with Gasteiger partial charge in [-0.1, -0.05) is 54.6 Å². The highest BCUT2D eigenvalue weighted by atomic mass is 16.6. The van der Waals surface area contributed by atoms with Crippen LogP contribution in [-0.4, -0.2) is 83.4 Å². The molecule has 2 saturated heterocycles. The molecule has 2 N–H and O–H groups in total. The molecule has 3 aromatic carbocycles. The first kappa shape index (κ1) is 41.9. The lowest BCUT2D eigenvalue weighted by molar-refractivity contribution is -0.141. The van der Waals surface area contributed by atoms with E-state index < -0.39 is 17.7 Å². The van der Waals surface area contributed by atoms with E-state index in [1.54, 1.807) is 19.1 Å². The number of carbonyl (C=O) groups excluding carboxylic acids is 2. The van der Waals surface area contributed by atoms with Crippen LogP contribution in [0.1, 0.15) is 79.0 Å². The lowest BCUT2D eigenvalue weighted by Crippen LogP contribution is -2.43. The minimum absolute atomic E-state index is 0.0134. The fourth-order valence-corrected chi connectivity index (χ4v) is 7.92. The van der Waals surface area contributed by atoms with Crippen molar-refractivity contribution >= 4 is 30.1 Å². The average molecular weight is 789 g/mol. The highest BCUT2D eigenvalue weighted by Gasteiger charge is 2.30. The second kappa shape index (κ2) is 17.9. The topological polar surface area (TPSA) is 131 Å². The number of amides is 2. The number of carboxylic acids is 1. The van der Waals surface area contributed by atoms with Crippen LogP contribution in [0.3, 0.4) is 0 Å². The predicted molar refractivity (Wildman–Crippen MR) is 227 cm³/mol. The van der Waals surface area contributed by atoms with E-state index >= 15 is 0 Å². The molecule has 2 fully saturated rings. The van der Waals surface area contributed by atoms with Crippen LogP contribution in [0.25, 0.3) is 34.5 Å². The number of aryl methyl sites for hydroxylation is 1. The summed E-state index contributed by atoms with van der Waals surface area (Å²) in [5, 5.41) is 12.4. The van der Waals surface area contributed by atoms with E-state index in [1.165, 1.54) is 0 Å². The van der Waals surface area contributed by atoms with Gasteiger partial charge in [-0.05, 0) is 118 Å². The van der Waals surface area contributed by atoms with Crippen molar-refractivity contribution < 1.29 is 33.7 Å². The Labute approximate surface area is 342 Å². The molecule has 2 amide bonds. The number of ether oxygens (including phenoxy) is 3. The third kappa shape index (κ3) is 9.88. The summed E-state index contributed by atoms with van der Waals surface area (Å²) in [6, 6.07) is 20.5. The van der Waals surface area contributed by atoms with Crippen LogP contribution in [-0.2, 0) is 27.4 Å². The Kier molecular flexibility index (Phi) is 12.9. The van der Waals surface area contributed by atoms with E-state index in [9.17, 15) is 19.5 Å². The molecule has 1 aromatic heterocycles. The Balaban J connectivity index is 1.23. The quantitative estimate of drug-likeness (QED) is 0.128. The van der Waals surface area contributed by atoms with Crippen LogP contribution in [0.4, 0.5) is 4.79 Å². The second-order valence-corrected chi connectivity index (χ2v) is 16.4. The third-order valence-corrected chi connectivity index (χ3v) is 11.1. The zero-order valence-electron chi connectivity index (χ0n) is 35.0. The number of pyridine rings is 1. The van der Waals surface area contributed by atoms with E-state index in [1.807, 2.05) is 39.0 Å². The number of hydrogen-bond acceptors (Lipinski definition) is 8. The van der Waals surface area contributed by atoms with Gasteiger partial charge in [0.2, 0.25) is 11.8 Å². The summed E-state index contributed by atoms with van der Waals surface area (Å²) >= 11 is 0. The number of nitrogens with one attached hydrogen (secondary N) is 1. The summed E-state index contributed by atoms with van der Waals surface area (Å²) in [6.45, 7) is 14.3. The lowest BCUT2D eigenvalue weighted by atomic mass is 9.90. The summed E-state index contributed by atoms with van der Waals surface area (Å²) in [5.41, 5.74) is 10.5. The molecule has 0 radical (unpaired) electrons. The van der Waals surface area contributed by atoms with Gasteiger partial charge in [-0.15, -0.1) is 0 Å². The minimum atomic E-state index is -0.729. The van der Waals surface area contributed by atoms with Gasteiger partial charge in [0.15, 0.2) is 0 Å².